The van der Waals surface area contributed by atoms with E-state index in [4.69, 9.17) is 18.9 Å². The molecule has 0 aromatic rings. The zero-order chi connectivity index (χ0) is 15.2. The maximum atomic E-state index is 10.1. The monoisotopic (exact) mass is 290 g/mol. The highest BCUT2D eigenvalue weighted by Crippen LogP contribution is 2.14. The molecule has 120 valence electrons. The van der Waals surface area contributed by atoms with Gasteiger partial charge < -0.3 is 24.1 Å². The Morgan fingerprint density at radius 2 is 1.65 bits per heavy atom. The fourth-order valence-electron chi connectivity index (χ4n) is 1.85. The van der Waals surface area contributed by atoms with Crippen LogP contribution in [-0.2, 0) is 18.9 Å². The van der Waals surface area contributed by atoms with Gasteiger partial charge in [-0.15, -0.1) is 0 Å². The Kier molecular flexibility index (Phi) is 13.2. The Bertz CT molecular complexity index is 232. The van der Waals surface area contributed by atoms with Crippen molar-refractivity contribution >= 4 is 0 Å². The summed E-state index contributed by atoms with van der Waals surface area (Å²) in [6.07, 6.45) is 6.55. The molecular weight excluding hydrogens is 260 g/mol. The average Bonchev–Trinajstić information content (AvgIpc) is 2.42. The largest absolute Gasteiger partial charge is 0.393 e. The molecule has 0 spiro atoms. The first-order valence-electron chi connectivity index (χ1n) is 7.18. The molecule has 0 radical (unpaired) electrons. The molecule has 0 aliphatic rings. The Morgan fingerprint density at radius 1 is 1.00 bits per heavy atom. The van der Waals surface area contributed by atoms with E-state index in [9.17, 15) is 5.11 Å². The van der Waals surface area contributed by atoms with Crippen molar-refractivity contribution in [1.29, 1.82) is 0 Å². The van der Waals surface area contributed by atoms with E-state index in [1.165, 1.54) is 0 Å². The molecule has 0 aliphatic carbocycles. The van der Waals surface area contributed by atoms with Crippen molar-refractivity contribution in [2.45, 2.75) is 57.8 Å². The van der Waals surface area contributed by atoms with E-state index in [0.29, 0.717) is 12.8 Å². The van der Waals surface area contributed by atoms with Crippen LogP contribution in [0, 0.1) is 0 Å². The fraction of sp³-hybridized carbons (Fsp3) is 0.867. The zero-order valence-electron chi connectivity index (χ0n) is 13.2. The molecule has 0 aliphatic heterocycles. The van der Waals surface area contributed by atoms with Gasteiger partial charge in [-0.3, -0.25) is 0 Å². The van der Waals surface area contributed by atoms with E-state index in [1.807, 2.05) is 6.92 Å². The third-order valence-electron chi connectivity index (χ3n) is 2.83. The van der Waals surface area contributed by atoms with Gasteiger partial charge in [0.1, 0.15) is 13.6 Å². The fourth-order valence-corrected chi connectivity index (χ4v) is 1.85. The van der Waals surface area contributed by atoms with E-state index in [2.05, 4.69) is 19.1 Å². The van der Waals surface area contributed by atoms with Crippen LogP contribution in [0.1, 0.15) is 39.5 Å². The van der Waals surface area contributed by atoms with Crippen molar-refractivity contribution in [1.82, 2.24) is 0 Å². The highest BCUT2D eigenvalue weighted by molar-refractivity contribution is 4.84. The van der Waals surface area contributed by atoms with Crippen LogP contribution in [0.2, 0.25) is 0 Å². The minimum atomic E-state index is -0.460. The smallest absolute Gasteiger partial charge is 0.146 e. The quantitative estimate of drug-likeness (QED) is 0.417. The maximum Gasteiger partial charge on any atom is 0.146 e. The van der Waals surface area contributed by atoms with Crippen LogP contribution in [0.15, 0.2) is 12.2 Å². The predicted octanol–water partition coefficient (Wildman–Crippen LogP) is 2.48. The van der Waals surface area contributed by atoms with E-state index >= 15 is 0 Å². The summed E-state index contributed by atoms with van der Waals surface area (Å²) in [6, 6.07) is 0. The lowest BCUT2D eigenvalue weighted by molar-refractivity contribution is -0.0970. The SMILES string of the molecule is CC/C=C/C[C@H](C[C@H](O)C[C@H](C)OCOC)OCOC. The third kappa shape index (κ3) is 11.4. The molecule has 0 fully saturated rings. The lowest BCUT2D eigenvalue weighted by Gasteiger charge is -2.22. The minimum absolute atomic E-state index is 0.0395. The Hall–Kier alpha value is -0.460. The van der Waals surface area contributed by atoms with Crippen molar-refractivity contribution in [2.75, 3.05) is 27.8 Å². The molecule has 5 heteroatoms. The number of hydrogen-bond acceptors (Lipinski definition) is 5. The molecule has 0 amide bonds. The second kappa shape index (κ2) is 13.5. The van der Waals surface area contributed by atoms with Crippen molar-refractivity contribution in [3.63, 3.8) is 0 Å². The van der Waals surface area contributed by atoms with Gasteiger partial charge in [0.25, 0.3) is 0 Å². The summed E-state index contributed by atoms with van der Waals surface area (Å²) in [5.41, 5.74) is 0. The van der Waals surface area contributed by atoms with Gasteiger partial charge in [-0.1, -0.05) is 19.1 Å². The standard InChI is InChI=1S/C15H30O5/c1-5-6-7-8-15(20-12-18-4)10-14(16)9-13(2)19-11-17-3/h6-7,13-16H,5,8-12H2,1-4H3/b7-6+/t13-,14+,15+/m0/s1. The van der Waals surface area contributed by atoms with Crippen molar-refractivity contribution in [2.24, 2.45) is 0 Å². The van der Waals surface area contributed by atoms with E-state index in [0.717, 1.165) is 12.8 Å². The van der Waals surface area contributed by atoms with E-state index in [-0.39, 0.29) is 25.8 Å². The average molecular weight is 290 g/mol. The lowest BCUT2D eigenvalue weighted by atomic mass is 10.0. The molecule has 0 rings (SSSR count). The minimum Gasteiger partial charge on any atom is -0.393 e. The Morgan fingerprint density at radius 3 is 2.25 bits per heavy atom. The van der Waals surface area contributed by atoms with Gasteiger partial charge in [0.05, 0.1) is 18.3 Å². The summed E-state index contributed by atoms with van der Waals surface area (Å²) in [5.74, 6) is 0. The summed E-state index contributed by atoms with van der Waals surface area (Å²) in [4.78, 5) is 0. The molecule has 0 saturated carbocycles. The number of aliphatic hydroxyl groups is 1. The Balaban J connectivity index is 4.08. The van der Waals surface area contributed by atoms with Crippen LogP contribution in [0.3, 0.4) is 0 Å². The Labute approximate surface area is 122 Å². The van der Waals surface area contributed by atoms with Crippen LogP contribution < -0.4 is 0 Å². The number of aliphatic hydroxyl groups excluding tert-OH is 1. The molecule has 0 heterocycles. The molecule has 0 aromatic heterocycles. The highest BCUT2D eigenvalue weighted by Gasteiger charge is 2.17. The number of hydrogen-bond donors (Lipinski definition) is 1. The first-order chi connectivity index (χ1) is 9.63. The summed E-state index contributed by atoms with van der Waals surface area (Å²) in [7, 11) is 3.17. The first-order valence-corrected chi connectivity index (χ1v) is 7.18. The lowest BCUT2D eigenvalue weighted by Crippen LogP contribution is -2.25. The number of rotatable bonds is 13. The molecule has 0 bridgehead atoms. The van der Waals surface area contributed by atoms with Gasteiger partial charge >= 0.3 is 0 Å². The van der Waals surface area contributed by atoms with E-state index in [1.54, 1.807) is 14.2 Å². The number of ether oxygens (including phenoxy) is 4. The topological polar surface area (TPSA) is 57.2 Å². The molecule has 1 N–H and O–H groups in total. The van der Waals surface area contributed by atoms with Gasteiger partial charge in [-0.25, -0.2) is 0 Å². The third-order valence-corrected chi connectivity index (χ3v) is 2.83. The van der Waals surface area contributed by atoms with Crippen molar-refractivity contribution in [3.8, 4) is 0 Å². The van der Waals surface area contributed by atoms with E-state index < -0.39 is 6.10 Å². The first kappa shape index (κ1) is 19.5. The normalized spacial score (nSPS) is 16.4. The van der Waals surface area contributed by atoms with Crippen LogP contribution in [0.25, 0.3) is 0 Å². The number of methoxy groups -OCH3 is 2. The summed E-state index contributed by atoms with van der Waals surface area (Å²) in [5, 5.41) is 10.1. The highest BCUT2D eigenvalue weighted by atomic mass is 16.7. The van der Waals surface area contributed by atoms with Crippen LogP contribution in [0.5, 0.6) is 0 Å². The van der Waals surface area contributed by atoms with Gasteiger partial charge in [0.15, 0.2) is 0 Å². The zero-order valence-corrected chi connectivity index (χ0v) is 13.2. The molecule has 20 heavy (non-hydrogen) atoms. The molecule has 0 unspecified atom stereocenters. The molecule has 0 saturated heterocycles. The maximum absolute atomic E-state index is 10.1. The molecular formula is C15H30O5. The van der Waals surface area contributed by atoms with Gasteiger partial charge in [0, 0.05) is 14.2 Å². The predicted molar refractivity (Wildman–Crippen MR) is 78.5 cm³/mol. The van der Waals surface area contributed by atoms with Crippen LogP contribution in [-0.4, -0.2) is 51.2 Å². The van der Waals surface area contributed by atoms with Gasteiger partial charge in [-0.2, -0.15) is 0 Å². The molecule has 5 nitrogen and oxygen atoms in total. The van der Waals surface area contributed by atoms with Gasteiger partial charge in [0.2, 0.25) is 0 Å². The molecule has 0 aromatic carbocycles. The van der Waals surface area contributed by atoms with Crippen LogP contribution in [0.4, 0.5) is 0 Å². The van der Waals surface area contributed by atoms with Crippen molar-refractivity contribution in [3.05, 3.63) is 12.2 Å². The van der Waals surface area contributed by atoms with Crippen molar-refractivity contribution < 1.29 is 24.1 Å². The second-order valence-electron chi connectivity index (χ2n) is 4.82. The van der Waals surface area contributed by atoms with Gasteiger partial charge in [-0.05, 0) is 32.6 Å². The molecule has 3 atom stereocenters. The number of allylic oxidation sites excluding steroid dienone is 1. The summed E-state index contributed by atoms with van der Waals surface area (Å²) in [6.45, 7) is 4.50. The summed E-state index contributed by atoms with van der Waals surface area (Å²) < 4.78 is 20.7. The second-order valence-corrected chi connectivity index (χ2v) is 4.82. The van der Waals surface area contributed by atoms with Crippen LogP contribution >= 0.6 is 0 Å². The summed E-state index contributed by atoms with van der Waals surface area (Å²) >= 11 is 0.